The Balaban J connectivity index is 2.25. The summed E-state index contributed by atoms with van der Waals surface area (Å²) in [5.74, 6) is -0.148. The summed E-state index contributed by atoms with van der Waals surface area (Å²) in [7, 11) is -2.53. The van der Waals surface area contributed by atoms with Crippen LogP contribution in [-0.4, -0.2) is 45.9 Å². The van der Waals surface area contributed by atoms with Crippen molar-refractivity contribution in [3.63, 3.8) is 0 Å². The molecule has 0 saturated heterocycles. The summed E-state index contributed by atoms with van der Waals surface area (Å²) in [5.41, 5.74) is 1.41. The van der Waals surface area contributed by atoms with Crippen LogP contribution in [-0.2, 0) is 26.0 Å². The highest BCUT2D eigenvalue weighted by Gasteiger charge is 2.27. The maximum atomic E-state index is 12.4. The number of aliphatic hydroxyl groups excluding tert-OH is 1. The molecule has 0 spiro atoms. The molecular weight excluding hydrogens is 344 g/mol. The Bertz CT molecular complexity index is 707. The molecule has 2 rings (SSSR count). The molecule has 2 N–H and O–H groups in total. The van der Waals surface area contributed by atoms with Crippen molar-refractivity contribution in [1.29, 1.82) is 0 Å². The quantitative estimate of drug-likeness (QED) is 0.732. The van der Waals surface area contributed by atoms with Crippen LogP contribution in [0.15, 0.2) is 17.0 Å². The van der Waals surface area contributed by atoms with Crippen molar-refractivity contribution in [2.45, 2.75) is 31.0 Å². The molecule has 1 heterocycles. The van der Waals surface area contributed by atoms with Crippen molar-refractivity contribution < 1.29 is 23.1 Å². The predicted octanol–water partition coefficient (Wildman–Crippen LogP) is 0.882. The van der Waals surface area contributed by atoms with Gasteiger partial charge in [0, 0.05) is 39.2 Å². The number of nitrogens with one attached hydrogen (secondary N) is 1. The second-order valence-electron chi connectivity index (χ2n) is 5.21. The molecule has 1 aliphatic heterocycles. The van der Waals surface area contributed by atoms with Crippen LogP contribution in [0, 0.1) is 0 Å². The van der Waals surface area contributed by atoms with E-state index < -0.39 is 16.3 Å². The average Bonchev–Trinajstić information content (AvgIpc) is 2.88. The first-order valence-corrected chi connectivity index (χ1v) is 8.93. The summed E-state index contributed by atoms with van der Waals surface area (Å²) in [6.07, 6.45) is -0.290. The minimum atomic E-state index is -3.85. The third kappa shape index (κ3) is 4.02. The van der Waals surface area contributed by atoms with Gasteiger partial charge in [-0.25, -0.2) is 13.1 Å². The van der Waals surface area contributed by atoms with Crippen LogP contribution in [0.5, 0.6) is 0 Å². The van der Waals surface area contributed by atoms with Crippen LogP contribution in [0.3, 0.4) is 0 Å². The maximum absolute atomic E-state index is 12.4. The van der Waals surface area contributed by atoms with Crippen molar-refractivity contribution >= 4 is 33.2 Å². The lowest BCUT2D eigenvalue weighted by Crippen LogP contribution is -2.29. The first-order chi connectivity index (χ1) is 10.8. The molecule has 128 valence electrons. The molecular formula is C14H19ClN2O5S. The van der Waals surface area contributed by atoms with E-state index in [1.807, 2.05) is 0 Å². The third-order valence-corrected chi connectivity index (χ3v) is 5.58. The SMILES string of the molecule is COC(O)CCNS(=O)(=O)c1cc2c(cc1Cl)CCN2C(C)=O. The molecule has 1 amide bonds. The number of ether oxygens (including phenoxy) is 1. The van der Waals surface area contributed by atoms with E-state index >= 15 is 0 Å². The van der Waals surface area contributed by atoms with Crippen LogP contribution < -0.4 is 9.62 Å². The van der Waals surface area contributed by atoms with E-state index in [9.17, 15) is 18.3 Å². The Kier molecular flexibility index (Phi) is 5.64. The molecule has 1 atom stereocenters. The number of benzene rings is 1. The zero-order valence-corrected chi connectivity index (χ0v) is 14.4. The first-order valence-electron chi connectivity index (χ1n) is 7.07. The highest BCUT2D eigenvalue weighted by atomic mass is 35.5. The van der Waals surface area contributed by atoms with Crippen molar-refractivity contribution in [2.24, 2.45) is 0 Å². The summed E-state index contributed by atoms with van der Waals surface area (Å²) in [4.78, 5) is 13.1. The van der Waals surface area contributed by atoms with E-state index in [-0.39, 0.29) is 28.8 Å². The number of carbonyl (C=O) groups is 1. The van der Waals surface area contributed by atoms with Crippen LogP contribution in [0.4, 0.5) is 5.69 Å². The van der Waals surface area contributed by atoms with Crippen LogP contribution in [0.25, 0.3) is 0 Å². The van der Waals surface area contributed by atoms with Gasteiger partial charge in [-0.1, -0.05) is 11.6 Å². The van der Waals surface area contributed by atoms with Crippen LogP contribution >= 0.6 is 11.6 Å². The van der Waals surface area contributed by atoms with E-state index in [0.29, 0.717) is 18.7 Å². The Morgan fingerprint density at radius 2 is 2.22 bits per heavy atom. The van der Waals surface area contributed by atoms with Crippen molar-refractivity contribution in [2.75, 3.05) is 25.1 Å². The number of nitrogens with zero attached hydrogens (tertiary/aromatic N) is 1. The Morgan fingerprint density at radius 3 is 2.83 bits per heavy atom. The summed E-state index contributed by atoms with van der Waals surface area (Å²) in [5, 5.41) is 9.38. The third-order valence-electron chi connectivity index (χ3n) is 3.65. The van der Waals surface area contributed by atoms with E-state index in [1.165, 1.54) is 25.0 Å². The van der Waals surface area contributed by atoms with E-state index in [0.717, 1.165) is 5.56 Å². The molecule has 1 unspecified atom stereocenters. The van der Waals surface area contributed by atoms with Gasteiger partial charge < -0.3 is 14.7 Å². The second-order valence-corrected chi connectivity index (χ2v) is 7.35. The van der Waals surface area contributed by atoms with Crippen molar-refractivity contribution in [1.82, 2.24) is 4.72 Å². The lowest BCUT2D eigenvalue weighted by molar-refractivity contribution is -0.116. The number of hydrogen-bond acceptors (Lipinski definition) is 5. The van der Waals surface area contributed by atoms with E-state index in [2.05, 4.69) is 9.46 Å². The molecule has 0 bridgehead atoms. The fourth-order valence-electron chi connectivity index (χ4n) is 2.43. The van der Waals surface area contributed by atoms with Gasteiger partial charge in [0.25, 0.3) is 0 Å². The molecule has 1 aromatic rings. The number of hydrogen-bond donors (Lipinski definition) is 2. The van der Waals surface area contributed by atoms with Gasteiger partial charge in [0.15, 0.2) is 6.29 Å². The smallest absolute Gasteiger partial charge is 0.242 e. The Hall–Kier alpha value is -1.19. The lowest BCUT2D eigenvalue weighted by Gasteiger charge is -2.17. The highest BCUT2D eigenvalue weighted by molar-refractivity contribution is 7.89. The van der Waals surface area contributed by atoms with Gasteiger partial charge in [0.05, 0.1) is 5.02 Å². The van der Waals surface area contributed by atoms with Gasteiger partial charge in [-0.3, -0.25) is 4.79 Å². The average molecular weight is 363 g/mol. The van der Waals surface area contributed by atoms with Gasteiger partial charge in [0.1, 0.15) is 4.90 Å². The fourth-order valence-corrected chi connectivity index (χ4v) is 4.05. The first kappa shape index (κ1) is 18.2. The molecule has 0 aliphatic carbocycles. The molecule has 1 aliphatic rings. The number of fused-ring (bicyclic) bond motifs is 1. The summed E-state index contributed by atoms with van der Waals surface area (Å²) in [6.45, 7) is 1.95. The monoisotopic (exact) mass is 362 g/mol. The summed E-state index contributed by atoms with van der Waals surface area (Å²) < 4.78 is 31.8. The van der Waals surface area contributed by atoms with Gasteiger partial charge in [-0.2, -0.15) is 0 Å². The number of sulfonamides is 1. The standard InChI is InChI=1S/C14H19ClN2O5S/c1-9(18)17-6-4-10-7-11(15)13(8-12(10)17)23(20,21)16-5-3-14(19)22-2/h7-8,14,16,19H,3-6H2,1-2H3. The molecule has 7 nitrogen and oxygen atoms in total. The topological polar surface area (TPSA) is 95.9 Å². The van der Waals surface area contributed by atoms with E-state index in [4.69, 9.17) is 11.6 Å². The maximum Gasteiger partial charge on any atom is 0.242 e. The number of carbonyl (C=O) groups excluding carboxylic acids is 1. The molecule has 0 saturated carbocycles. The van der Waals surface area contributed by atoms with Gasteiger partial charge in [-0.05, 0) is 24.1 Å². The number of methoxy groups -OCH3 is 1. The van der Waals surface area contributed by atoms with Crippen LogP contribution in [0.1, 0.15) is 18.9 Å². The minimum Gasteiger partial charge on any atom is -0.368 e. The molecule has 23 heavy (non-hydrogen) atoms. The molecule has 1 aromatic carbocycles. The number of halogens is 1. The number of anilines is 1. The second kappa shape index (κ2) is 7.14. The van der Waals surface area contributed by atoms with Gasteiger partial charge >= 0.3 is 0 Å². The van der Waals surface area contributed by atoms with E-state index in [1.54, 1.807) is 6.07 Å². The highest BCUT2D eigenvalue weighted by Crippen LogP contribution is 2.35. The lowest BCUT2D eigenvalue weighted by atomic mass is 10.2. The zero-order chi connectivity index (χ0) is 17.2. The minimum absolute atomic E-state index is 0.00117. The number of amides is 1. The Morgan fingerprint density at radius 1 is 1.52 bits per heavy atom. The number of rotatable bonds is 6. The largest absolute Gasteiger partial charge is 0.368 e. The zero-order valence-electron chi connectivity index (χ0n) is 12.9. The summed E-state index contributed by atoms with van der Waals surface area (Å²) >= 11 is 6.09. The van der Waals surface area contributed by atoms with Crippen molar-refractivity contribution in [3.05, 3.63) is 22.7 Å². The summed E-state index contributed by atoms with van der Waals surface area (Å²) in [6, 6.07) is 3.00. The molecule has 9 heteroatoms. The van der Waals surface area contributed by atoms with Crippen molar-refractivity contribution in [3.8, 4) is 0 Å². The van der Waals surface area contributed by atoms with Crippen LogP contribution in [0.2, 0.25) is 5.02 Å². The normalized spacial score (nSPS) is 15.6. The predicted molar refractivity (Wildman–Crippen MR) is 86.0 cm³/mol. The number of aliphatic hydroxyl groups is 1. The molecule has 0 fully saturated rings. The molecule has 0 aromatic heterocycles. The van der Waals surface area contributed by atoms with Gasteiger partial charge in [0.2, 0.25) is 15.9 Å². The Labute approximate surface area is 140 Å². The fraction of sp³-hybridized carbons (Fsp3) is 0.500. The van der Waals surface area contributed by atoms with Gasteiger partial charge in [-0.15, -0.1) is 0 Å². The molecule has 0 radical (unpaired) electrons.